The first kappa shape index (κ1) is 14.3. The molecule has 0 aliphatic carbocycles. The number of azide groups is 1. The van der Waals surface area contributed by atoms with Crippen LogP contribution < -0.4 is 11.2 Å². The maximum absolute atomic E-state index is 13.8. The van der Waals surface area contributed by atoms with Crippen molar-refractivity contribution in [1.29, 1.82) is 0 Å². The van der Waals surface area contributed by atoms with Crippen LogP contribution >= 0.6 is 0 Å². The topological polar surface area (TPSA) is 133 Å². The summed E-state index contributed by atoms with van der Waals surface area (Å²) in [5.74, 6) is 0. The molecule has 0 spiro atoms. The van der Waals surface area contributed by atoms with E-state index < -0.39 is 35.9 Å². The van der Waals surface area contributed by atoms with Crippen molar-refractivity contribution in [1.82, 2.24) is 9.55 Å². The largest absolute Gasteiger partial charge is 0.385 e. The van der Waals surface area contributed by atoms with Crippen molar-refractivity contribution in [2.24, 2.45) is 5.11 Å². The molecule has 0 amide bonds. The third-order valence-corrected chi connectivity index (χ3v) is 3.03. The Morgan fingerprint density at radius 3 is 3.00 bits per heavy atom. The Kier molecular flexibility index (Phi) is 3.89. The third kappa shape index (κ3) is 2.44. The van der Waals surface area contributed by atoms with Gasteiger partial charge in [-0.1, -0.05) is 5.11 Å². The molecule has 1 aliphatic heterocycles. The molecule has 4 atom stereocenters. The molecule has 2 rings (SSSR count). The molecule has 1 aromatic rings. The number of H-pyrrole nitrogens is 1. The highest BCUT2D eigenvalue weighted by Crippen LogP contribution is 2.30. The number of aromatic amines is 1. The summed E-state index contributed by atoms with van der Waals surface area (Å²) < 4.78 is 19.9. The minimum absolute atomic E-state index is 0.217. The molecule has 10 heteroatoms. The Labute approximate surface area is 111 Å². The molecule has 0 radical (unpaired) electrons. The zero-order chi connectivity index (χ0) is 14.9. The third-order valence-electron chi connectivity index (χ3n) is 3.03. The van der Waals surface area contributed by atoms with E-state index in [9.17, 15) is 19.1 Å². The van der Waals surface area contributed by atoms with E-state index in [0.29, 0.717) is 0 Å². The van der Waals surface area contributed by atoms with Crippen molar-refractivity contribution in [3.05, 3.63) is 43.0 Å². The second kappa shape index (κ2) is 5.45. The van der Waals surface area contributed by atoms with Crippen LogP contribution in [-0.2, 0) is 4.74 Å². The Balaban J connectivity index is 2.34. The van der Waals surface area contributed by atoms with Crippen molar-refractivity contribution in [3.8, 4) is 0 Å². The number of hydrogen-bond acceptors (Lipinski definition) is 5. The van der Waals surface area contributed by atoms with E-state index in [2.05, 4.69) is 10.0 Å². The van der Waals surface area contributed by atoms with Gasteiger partial charge in [0.05, 0.1) is 12.6 Å². The normalized spacial score (nSPS) is 29.1. The molecule has 1 saturated heterocycles. The van der Waals surface area contributed by atoms with Crippen molar-refractivity contribution in [2.75, 3.05) is 6.54 Å². The maximum atomic E-state index is 13.8. The summed E-state index contributed by atoms with van der Waals surface area (Å²) in [7, 11) is 0. The van der Waals surface area contributed by atoms with Crippen molar-refractivity contribution in [2.45, 2.75) is 31.5 Å². The molecular formula is C10H12FN5O4. The monoisotopic (exact) mass is 285 g/mol. The van der Waals surface area contributed by atoms with Crippen molar-refractivity contribution >= 4 is 0 Å². The maximum Gasteiger partial charge on any atom is 0.330 e. The Morgan fingerprint density at radius 1 is 1.65 bits per heavy atom. The van der Waals surface area contributed by atoms with E-state index in [1.165, 1.54) is 13.1 Å². The zero-order valence-electron chi connectivity index (χ0n) is 10.4. The van der Waals surface area contributed by atoms with Crippen LogP contribution in [0.25, 0.3) is 10.4 Å². The van der Waals surface area contributed by atoms with Gasteiger partial charge in [0.1, 0.15) is 6.10 Å². The van der Waals surface area contributed by atoms with Gasteiger partial charge in [-0.15, -0.1) is 0 Å². The number of aliphatic hydroxyl groups excluding tert-OH is 1. The number of ether oxygens (including phenoxy) is 1. The predicted octanol–water partition coefficient (Wildman–Crippen LogP) is -0.248. The number of nitrogens with one attached hydrogen (secondary N) is 1. The van der Waals surface area contributed by atoms with Crippen LogP contribution in [0.4, 0.5) is 4.39 Å². The Bertz CT molecular complexity index is 664. The van der Waals surface area contributed by atoms with Crippen LogP contribution in [0.3, 0.4) is 0 Å². The summed E-state index contributed by atoms with van der Waals surface area (Å²) in [5, 5.41) is 13.0. The number of rotatable bonds is 3. The number of hydrogen-bond donors (Lipinski definition) is 2. The molecule has 1 aliphatic rings. The summed E-state index contributed by atoms with van der Waals surface area (Å²) in [6.07, 6.45) is -4.66. The first-order chi connectivity index (χ1) is 9.45. The van der Waals surface area contributed by atoms with Gasteiger partial charge in [0.15, 0.2) is 12.4 Å². The highest BCUT2D eigenvalue weighted by molar-refractivity contribution is 5.03. The lowest BCUT2D eigenvalue weighted by molar-refractivity contribution is -0.0373. The van der Waals surface area contributed by atoms with Crippen LogP contribution in [0, 0.1) is 6.92 Å². The van der Waals surface area contributed by atoms with Crippen LogP contribution in [0.5, 0.6) is 0 Å². The van der Waals surface area contributed by atoms with E-state index in [1.54, 1.807) is 0 Å². The number of halogens is 1. The molecule has 2 N–H and O–H groups in total. The van der Waals surface area contributed by atoms with Gasteiger partial charge >= 0.3 is 5.69 Å². The number of alkyl halides is 1. The van der Waals surface area contributed by atoms with Crippen molar-refractivity contribution in [3.63, 3.8) is 0 Å². The number of aromatic nitrogens is 2. The highest BCUT2D eigenvalue weighted by atomic mass is 19.1. The van der Waals surface area contributed by atoms with Gasteiger partial charge in [-0.2, -0.15) is 0 Å². The lowest BCUT2D eigenvalue weighted by Gasteiger charge is -2.17. The minimum Gasteiger partial charge on any atom is -0.385 e. The summed E-state index contributed by atoms with van der Waals surface area (Å²) in [6, 6.07) is 0. The second-order valence-corrected chi connectivity index (χ2v) is 4.39. The van der Waals surface area contributed by atoms with Gasteiger partial charge < -0.3 is 9.84 Å². The molecule has 20 heavy (non-hydrogen) atoms. The van der Waals surface area contributed by atoms with Crippen molar-refractivity contribution < 1.29 is 14.2 Å². The molecule has 0 unspecified atom stereocenters. The van der Waals surface area contributed by atoms with Crippen LogP contribution in [0.15, 0.2) is 20.9 Å². The van der Waals surface area contributed by atoms with E-state index in [1.807, 2.05) is 4.98 Å². The molecule has 9 nitrogen and oxygen atoms in total. The van der Waals surface area contributed by atoms with E-state index in [0.717, 1.165) is 4.57 Å². The molecule has 1 aromatic heterocycles. The second-order valence-electron chi connectivity index (χ2n) is 4.39. The summed E-state index contributed by atoms with van der Waals surface area (Å²) in [5.41, 5.74) is 7.03. The zero-order valence-corrected chi connectivity index (χ0v) is 10.4. The average molecular weight is 285 g/mol. The van der Waals surface area contributed by atoms with Gasteiger partial charge in [-0.05, 0) is 12.5 Å². The SMILES string of the molecule is Cc1cn([C@@H]2O[C@H](CN=[N+]=[N-])[C@@H](F)[C@H]2O)c(=O)[nH]c1=O. The first-order valence-corrected chi connectivity index (χ1v) is 5.76. The van der Waals surface area contributed by atoms with Gasteiger partial charge in [0, 0.05) is 16.7 Å². The summed E-state index contributed by atoms with van der Waals surface area (Å²) >= 11 is 0. The predicted molar refractivity (Wildman–Crippen MR) is 64.9 cm³/mol. The molecule has 0 saturated carbocycles. The fourth-order valence-electron chi connectivity index (χ4n) is 1.98. The smallest absolute Gasteiger partial charge is 0.330 e. The summed E-state index contributed by atoms with van der Waals surface area (Å²) in [6.45, 7) is 1.16. The minimum atomic E-state index is -1.80. The van der Waals surface area contributed by atoms with Crippen LogP contribution in [0.1, 0.15) is 11.8 Å². The average Bonchev–Trinajstić information content (AvgIpc) is 2.68. The van der Waals surface area contributed by atoms with Gasteiger partial charge in [-0.25, -0.2) is 9.18 Å². The van der Waals surface area contributed by atoms with Crippen LogP contribution in [-0.4, -0.2) is 39.6 Å². The Hall–Kier alpha value is -2.16. The first-order valence-electron chi connectivity index (χ1n) is 5.76. The Morgan fingerprint density at radius 2 is 2.35 bits per heavy atom. The lowest BCUT2D eigenvalue weighted by Crippen LogP contribution is -2.37. The van der Waals surface area contributed by atoms with E-state index in [-0.39, 0.29) is 12.1 Å². The lowest BCUT2D eigenvalue weighted by atomic mass is 10.1. The molecule has 2 heterocycles. The quantitative estimate of drug-likeness (QED) is 0.450. The fourth-order valence-corrected chi connectivity index (χ4v) is 1.98. The number of nitrogens with zero attached hydrogens (tertiary/aromatic N) is 4. The van der Waals surface area contributed by atoms with E-state index >= 15 is 0 Å². The standard InChI is InChI=1S/C10H12FN5O4/c1-4-3-16(10(19)14-8(4)18)9-7(17)6(11)5(20-9)2-13-15-12/h3,5-7,9,17H,2H2,1H3,(H,14,18,19)/t5-,6-,7-,9-/m1/s1. The van der Waals surface area contributed by atoms with Gasteiger partial charge in [-0.3, -0.25) is 14.3 Å². The molecule has 1 fully saturated rings. The molecule has 108 valence electrons. The molecule has 0 aromatic carbocycles. The van der Waals surface area contributed by atoms with E-state index in [4.69, 9.17) is 10.3 Å². The molecular weight excluding hydrogens is 273 g/mol. The van der Waals surface area contributed by atoms with Crippen LogP contribution in [0.2, 0.25) is 0 Å². The summed E-state index contributed by atoms with van der Waals surface area (Å²) in [4.78, 5) is 27.4. The molecule has 0 bridgehead atoms. The highest BCUT2D eigenvalue weighted by Gasteiger charge is 2.45. The fraction of sp³-hybridized carbons (Fsp3) is 0.600. The number of aliphatic hydroxyl groups is 1. The number of aryl methyl sites for hydroxylation is 1. The van der Waals surface area contributed by atoms with Gasteiger partial charge in [0.25, 0.3) is 5.56 Å². The van der Waals surface area contributed by atoms with Gasteiger partial charge in [0.2, 0.25) is 0 Å².